The zero-order chi connectivity index (χ0) is 19.0. The van der Waals surface area contributed by atoms with Crippen molar-refractivity contribution in [3.05, 3.63) is 65.4 Å². The molecule has 6 nitrogen and oxygen atoms in total. The first kappa shape index (κ1) is 17.5. The van der Waals surface area contributed by atoms with Gasteiger partial charge in [0, 0.05) is 6.07 Å². The van der Waals surface area contributed by atoms with Crippen LogP contribution in [0.1, 0.15) is 47.3 Å². The highest BCUT2D eigenvalue weighted by molar-refractivity contribution is 7.22. The summed E-state index contributed by atoms with van der Waals surface area (Å²) in [5.74, 6) is 1.33. The fourth-order valence-corrected chi connectivity index (χ4v) is 3.93. The van der Waals surface area contributed by atoms with E-state index in [9.17, 15) is 4.79 Å². The summed E-state index contributed by atoms with van der Waals surface area (Å²) >= 11 is 1.48. The lowest BCUT2D eigenvalue weighted by molar-refractivity contribution is 0.0974. The molecule has 0 aliphatic heterocycles. The molecule has 3 aromatic heterocycles. The van der Waals surface area contributed by atoms with E-state index in [1.807, 2.05) is 18.2 Å². The summed E-state index contributed by atoms with van der Waals surface area (Å²) < 4.78 is 11.6. The Morgan fingerprint density at radius 1 is 1.26 bits per heavy atom. The van der Waals surface area contributed by atoms with Crippen LogP contribution in [0.4, 0.5) is 5.13 Å². The van der Waals surface area contributed by atoms with Crippen molar-refractivity contribution in [1.29, 1.82) is 0 Å². The van der Waals surface area contributed by atoms with Crippen LogP contribution in [0.3, 0.4) is 0 Å². The molecule has 4 aromatic rings. The number of benzene rings is 1. The van der Waals surface area contributed by atoms with E-state index < -0.39 is 0 Å². The maximum atomic E-state index is 13.1. The van der Waals surface area contributed by atoms with Gasteiger partial charge in [-0.25, -0.2) is 4.98 Å². The molecule has 138 valence electrons. The lowest BCUT2D eigenvalue weighted by Gasteiger charge is -2.17. The Hall–Kier alpha value is -2.93. The number of anilines is 1. The van der Waals surface area contributed by atoms with Crippen molar-refractivity contribution in [2.45, 2.75) is 33.2 Å². The molecule has 0 N–H and O–H groups in total. The van der Waals surface area contributed by atoms with Crippen molar-refractivity contribution in [2.75, 3.05) is 4.90 Å². The molecule has 7 heteroatoms. The highest BCUT2D eigenvalue weighted by Gasteiger charge is 2.25. The normalized spacial score (nSPS) is 11.4. The van der Waals surface area contributed by atoms with Crippen LogP contribution in [0.2, 0.25) is 0 Å². The number of nitrogens with zero attached hydrogens (tertiary/aromatic N) is 3. The average Bonchev–Trinajstić information content (AvgIpc) is 3.38. The SMILES string of the molecule is Cc1cc(C(=O)N(Cc2ccco2)c2nc3c(C(C)C)cccc3s2)no1. The van der Waals surface area contributed by atoms with Crippen LogP contribution in [0, 0.1) is 6.92 Å². The van der Waals surface area contributed by atoms with Crippen molar-refractivity contribution in [2.24, 2.45) is 0 Å². The molecule has 0 radical (unpaired) electrons. The number of furan rings is 1. The van der Waals surface area contributed by atoms with Gasteiger partial charge in [0.1, 0.15) is 11.5 Å². The third-order valence-corrected chi connectivity index (χ3v) is 5.32. The lowest BCUT2D eigenvalue weighted by Crippen LogP contribution is -2.30. The fourth-order valence-electron chi connectivity index (χ4n) is 2.93. The number of hydrogen-bond acceptors (Lipinski definition) is 6. The monoisotopic (exact) mass is 381 g/mol. The van der Waals surface area contributed by atoms with Gasteiger partial charge in [0.25, 0.3) is 5.91 Å². The summed E-state index contributed by atoms with van der Waals surface area (Å²) in [5, 5.41) is 4.48. The molecule has 0 aliphatic rings. The Bertz CT molecular complexity index is 1080. The maximum Gasteiger partial charge on any atom is 0.282 e. The molecular formula is C20H19N3O3S. The molecule has 27 heavy (non-hydrogen) atoms. The summed E-state index contributed by atoms with van der Waals surface area (Å²) in [7, 11) is 0. The molecule has 0 saturated heterocycles. The average molecular weight is 381 g/mol. The van der Waals surface area contributed by atoms with Gasteiger partial charge in [0.2, 0.25) is 0 Å². The highest BCUT2D eigenvalue weighted by Crippen LogP contribution is 2.34. The number of carbonyl (C=O) groups excluding carboxylic acids is 1. The number of para-hydroxylation sites is 1. The Morgan fingerprint density at radius 3 is 2.78 bits per heavy atom. The van der Waals surface area contributed by atoms with Crippen LogP contribution in [0.15, 0.2) is 51.6 Å². The van der Waals surface area contributed by atoms with E-state index in [1.54, 1.807) is 30.2 Å². The van der Waals surface area contributed by atoms with Crippen LogP contribution in [-0.2, 0) is 6.54 Å². The third-order valence-electron chi connectivity index (χ3n) is 4.28. The Balaban J connectivity index is 1.79. The largest absolute Gasteiger partial charge is 0.467 e. The zero-order valence-electron chi connectivity index (χ0n) is 15.3. The minimum atomic E-state index is -0.270. The van der Waals surface area contributed by atoms with Gasteiger partial charge in [0.05, 0.1) is 23.0 Å². The number of rotatable bonds is 5. The van der Waals surface area contributed by atoms with Crippen molar-refractivity contribution in [1.82, 2.24) is 10.1 Å². The van der Waals surface area contributed by atoms with Gasteiger partial charge in [0.15, 0.2) is 10.8 Å². The van der Waals surface area contributed by atoms with E-state index in [0.29, 0.717) is 22.6 Å². The van der Waals surface area contributed by atoms with Gasteiger partial charge >= 0.3 is 0 Å². The van der Waals surface area contributed by atoms with Crippen molar-refractivity contribution >= 4 is 32.6 Å². The third kappa shape index (κ3) is 3.38. The first-order valence-electron chi connectivity index (χ1n) is 8.70. The Kier molecular flexibility index (Phi) is 4.53. The first-order valence-corrected chi connectivity index (χ1v) is 9.51. The smallest absolute Gasteiger partial charge is 0.282 e. The van der Waals surface area contributed by atoms with Gasteiger partial charge in [-0.3, -0.25) is 9.69 Å². The maximum absolute atomic E-state index is 13.1. The number of carbonyl (C=O) groups is 1. The van der Waals surface area contributed by atoms with Crippen molar-refractivity contribution in [3.63, 3.8) is 0 Å². The molecule has 0 fully saturated rings. The van der Waals surface area contributed by atoms with Gasteiger partial charge < -0.3 is 8.94 Å². The van der Waals surface area contributed by atoms with E-state index in [1.165, 1.54) is 11.3 Å². The summed E-state index contributed by atoms with van der Waals surface area (Å²) in [5.41, 5.74) is 2.35. The van der Waals surface area contributed by atoms with Crippen LogP contribution in [-0.4, -0.2) is 16.0 Å². The van der Waals surface area contributed by atoms with Crippen LogP contribution < -0.4 is 4.90 Å². The van der Waals surface area contributed by atoms with E-state index in [2.05, 4.69) is 25.1 Å². The zero-order valence-corrected chi connectivity index (χ0v) is 16.1. The Labute approximate surface area is 160 Å². The van der Waals surface area contributed by atoms with Gasteiger partial charge in [-0.15, -0.1) is 0 Å². The second kappa shape index (κ2) is 7.00. The number of amides is 1. The van der Waals surface area contributed by atoms with Crippen LogP contribution >= 0.6 is 11.3 Å². The first-order chi connectivity index (χ1) is 13.0. The number of aryl methyl sites for hydroxylation is 1. The molecule has 4 rings (SSSR count). The summed E-state index contributed by atoms with van der Waals surface area (Å²) in [6.45, 7) is 6.30. The minimum absolute atomic E-state index is 0.252. The predicted octanol–water partition coefficient (Wildman–Crippen LogP) is 5.16. The van der Waals surface area contributed by atoms with Gasteiger partial charge in [-0.2, -0.15) is 0 Å². The number of thiazole rings is 1. The van der Waals surface area contributed by atoms with E-state index in [4.69, 9.17) is 13.9 Å². The molecule has 3 heterocycles. The highest BCUT2D eigenvalue weighted by atomic mass is 32.1. The predicted molar refractivity (Wildman–Crippen MR) is 104 cm³/mol. The lowest BCUT2D eigenvalue weighted by atomic mass is 10.0. The summed E-state index contributed by atoms with van der Waals surface area (Å²) in [6.07, 6.45) is 1.59. The summed E-state index contributed by atoms with van der Waals surface area (Å²) in [6, 6.07) is 11.4. The molecule has 0 unspecified atom stereocenters. The molecule has 0 spiro atoms. The van der Waals surface area contributed by atoms with Gasteiger partial charge in [-0.1, -0.05) is 42.5 Å². The molecule has 0 aliphatic carbocycles. The number of aromatic nitrogens is 2. The fraction of sp³-hybridized carbons (Fsp3) is 0.250. The van der Waals surface area contributed by atoms with Crippen molar-refractivity contribution < 1.29 is 13.7 Å². The number of hydrogen-bond donors (Lipinski definition) is 0. The second-order valence-electron chi connectivity index (χ2n) is 6.64. The molecular weight excluding hydrogens is 362 g/mol. The standard InChI is InChI=1S/C20H19N3O3S/c1-12(2)15-7-4-8-17-18(15)21-20(27-17)23(11-14-6-5-9-25-14)19(24)16-10-13(3)26-22-16/h4-10,12H,11H2,1-3H3. The Morgan fingerprint density at radius 2 is 2.11 bits per heavy atom. The van der Waals surface area contributed by atoms with E-state index >= 15 is 0 Å². The molecule has 1 amide bonds. The van der Waals surface area contributed by atoms with Crippen molar-refractivity contribution in [3.8, 4) is 0 Å². The quantitative estimate of drug-likeness (QED) is 0.478. The number of fused-ring (bicyclic) bond motifs is 1. The van der Waals surface area contributed by atoms with E-state index in [0.717, 1.165) is 15.8 Å². The molecule has 0 bridgehead atoms. The molecule has 1 aromatic carbocycles. The van der Waals surface area contributed by atoms with Crippen LogP contribution in [0.25, 0.3) is 10.2 Å². The van der Waals surface area contributed by atoms with E-state index in [-0.39, 0.29) is 18.1 Å². The topological polar surface area (TPSA) is 72.4 Å². The minimum Gasteiger partial charge on any atom is -0.467 e. The second-order valence-corrected chi connectivity index (χ2v) is 7.65. The molecule has 0 saturated carbocycles. The van der Waals surface area contributed by atoms with Crippen LogP contribution in [0.5, 0.6) is 0 Å². The molecule has 0 atom stereocenters. The summed E-state index contributed by atoms with van der Waals surface area (Å²) in [4.78, 5) is 19.5. The van der Waals surface area contributed by atoms with Gasteiger partial charge in [-0.05, 0) is 36.6 Å².